The summed E-state index contributed by atoms with van der Waals surface area (Å²) in [5, 5.41) is 34.5. The molecular formula is C33H43N3O4. The van der Waals surface area contributed by atoms with Crippen LogP contribution in [0.1, 0.15) is 93.4 Å². The lowest BCUT2D eigenvalue weighted by Gasteiger charge is -2.71. The minimum absolute atomic E-state index is 0.0674. The van der Waals surface area contributed by atoms with Crippen molar-refractivity contribution >= 4 is 17.5 Å². The van der Waals surface area contributed by atoms with Gasteiger partial charge in [-0.05, 0) is 73.3 Å². The molecule has 7 heteroatoms. The standard InChI is InChI=1S/C33H43N3O4/c1-27(2)21-8-9-31(6)22(30(21,5)17-20(19-35)25(27)38)16-24(37)33(40)23-18-29(4,26(39)36-15-14-34)11-10-28(23,3)12-13-32(31,33)7/h16-17,21,23,40H,8-13,15,18H2,1-7H3,(H,36,39). The van der Waals surface area contributed by atoms with Crippen molar-refractivity contribution < 1.29 is 19.5 Å². The number of aliphatic hydroxyl groups is 1. The van der Waals surface area contributed by atoms with Crippen LogP contribution in [0.4, 0.5) is 0 Å². The van der Waals surface area contributed by atoms with Crippen LogP contribution in [0, 0.1) is 67.0 Å². The number of hydrogen-bond donors (Lipinski definition) is 2. The first-order valence-electron chi connectivity index (χ1n) is 14.7. The van der Waals surface area contributed by atoms with Gasteiger partial charge in [0, 0.05) is 27.6 Å². The molecule has 0 aromatic rings. The molecule has 5 rings (SSSR count). The second-order valence-electron chi connectivity index (χ2n) is 15.3. The maximum atomic E-state index is 14.5. The van der Waals surface area contributed by atoms with Crippen molar-refractivity contribution in [2.24, 2.45) is 44.3 Å². The molecule has 1 amide bonds. The Kier molecular flexibility index (Phi) is 6.03. The largest absolute Gasteiger partial charge is 0.381 e. The van der Waals surface area contributed by atoms with E-state index in [1.54, 1.807) is 12.2 Å². The zero-order chi connectivity index (χ0) is 29.7. The molecule has 3 saturated carbocycles. The van der Waals surface area contributed by atoms with Gasteiger partial charge in [-0.3, -0.25) is 14.4 Å². The van der Waals surface area contributed by atoms with Gasteiger partial charge in [-0.15, -0.1) is 0 Å². The number of ketones is 2. The number of hydrogen-bond acceptors (Lipinski definition) is 6. The zero-order valence-corrected chi connectivity index (χ0v) is 25.0. The monoisotopic (exact) mass is 545 g/mol. The van der Waals surface area contributed by atoms with Crippen molar-refractivity contribution in [1.29, 1.82) is 10.5 Å². The molecule has 0 spiro atoms. The Hall–Kier alpha value is -2.77. The fraction of sp³-hybridized carbons (Fsp3) is 0.727. The summed E-state index contributed by atoms with van der Waals surface area (Å²) in [4.78, 5) is 40.9. The molecule has 0 radical (unpaired) electrons. The number of Topliss-reactive ketones (excluding diaryl/α,β-unsaturated/α-hetero) is 1. The summed E-state index contributed by atoms with van der Waals surface area (Å²) in [6, 6.07) is 4.10. The summed E-state index contributed by atoms with van der Waals surface area (Å²) in [5.41, 5.74) is -4.45. The number of amides is 1. The molecule has 214 valence electrons. The molecule has 0 saturated heterocycles. The average Bonchev–Trinajstić information content (AvgIpc) is 2.89. The molecule has 7 nitrogen and oxygen atoms in total. The zero-order valence-electron chi connectivity index (χ0n) is 25.0. The summed E-state index contributed by atoms with van der Waals surface area (Å²) in [6.45, 7) is 14.1. The van der Waals surface area contributed by atoms with Gasteiger partial charge in [0.15, 0.2) is 11.6 Å². The second kappa shape index (κ2) is 8.39. The summed E-state index contributed by atoms with van der Waals surface area (Å²) < 4.78 is 0. The van der Waals surface area contributed by atoms with Gasteiger partial charge in [0.25, 0.3) is 0 Å². The van der Waals surface area contributed by atoms with Gasteiger partial charge in [0.2, 0.25) is 5.91 Å². The van der Waals surface area contributed by atoms with E-state index in [4.69, 9.17) is 5.26 Å². The number of fused-ring (bicyclic) bond motifs is 7. The molecule has 2 N–H and O–H groups in total. The van der Waals surface area contributed by atoms with Crippen LogP contribution in [-0.2, 0) is 14.4 Å². The van der Waals surface area contributed by atoms with E-state index in [2.05, 4.69) is 39.1 Å². The van der Waals surface area contributed by atoms with Gasteiger partial charge < -0.3 is 10.4 Å². The Labute approximate surface area is 238 Å². The average molecular weight is 546 g/mol. The summed E-state index contributed by atoms with van der Waals surface area (Å²) in [6.07, 6.45) is 8.18. The van der Waals surface area contributed by atoms with Gasteiger partial charge in [0.1, 0.15) is 18.2 Å². The maximum Gasteiger partial charge on any atom is 0.226 e. The lowest BCUT2D eigenvalue weighted by molar-refractivity contribution is -0.242. The third-order valence-electron chi connectivity index (χ3n) is 13.1. The summed E-state index contributed by atoms with van der Waals surface area (Å²) in [7, 11) is 0. The third kappa shape index (κ3) is 3.22. The van der Waals surface area contributed by atoms with E-state index < -0.39 is 38.6 Å². The number of rotatable bonds is 2. The predicted molar refractivity (Wildman–Crippen MR) is 149 cm³/mol. The van der Waals surface area contributed by atoms with Crippen molar-refractivity contribution in [2.45, 2.75) is 99.0 Å². The van der Waals surface area contributed by atoms with E-state index in [9.17, 15) is 24.8 Å². The molecule has 40 heavy (non-hydrogen) atoms. The van der Waals surface area contributed by atoms with Gasteiger partial charge >= 0.3 is 0 Å². The lowest BCUT2D eigenvalue weighted by Crippen LogP contribution is -2.74. The summed E-state index contributed by atoms with van der Waals surface area (Å²) >= 11 is 0. The molecule has 8 unspecified atom stereocenters. The van der Waals surface area contributed by atoms with Crippen LogP contribution in [0.25, 0.3) is 0 Å². The molecule has 8 atom stereocenters. The second-order valence-corrected chi connectivity index (χ2v) is 15.3. The summed E-state index contributed by atoms with van der Waals surface area (Å²) in [5.74, 6) is -1.15. The molecule has 0 aromatic heterocycles. The van der Waals surface area contributed by atoms with Crippen LogP contribution < -0.4 is 5.32 Å². The molecule has 5 aliphatic carbocycles. The van der Waals surface area contributed by atoms with Crippen LogP contribution in [0.2, 0.25) is 0 Å². The Morgan fingerprint density at radius 3 is 2.27 bits per heavy atom. The van der Waals surface area contributed by atoms with Gasteiger partial charge in [-0.1, -0.05) is 54.5 Å². The SMILES string of the molecule is CC1(C(=O)NCC#N)CCC2(C)CCC3(C)C4(C)CCC5C(C)(C)C(=O)C(C#N)=CC5(C)C4=CC(=O)C3(O)C2C1. The third-order valence-corrected chi connectivity index (χ3v) is 13.1. The Morgan fingerprint density at radius 1 is 1.00 bits per heavy atom. The van der Waals surface area contributed by atoms with E-state index in [0.717, 1.165) is 31.3 Å². The first kappa shape index (κ1) is 28.7. The van der Waals surface area contributed by atoms with Crippen molar-refractivity contribution in [3.05, 3.63) is 23.3 Å². The maximum absolute atomic E-state index is 14.5. The molecule has 0 aliphatic heterocycles. The first-order valence-corrected chi connectivity index (χ1v) is 14.7. The normalized spacial score (nSPS) is 47.1. The highest BCUT2D eigenvalue weighted by molar-refractivity contribution is 6.05. The number of nitrogens with one attached hydrogen (secondary N) is 1. The van der Waals surface area contributed by atoms with E-state index in [0.29, 0.717) is 19.3 Å². The lowest BCUT2D eigenvalue weighted by atomic mass is 9.33. The molecule has 0 bridgehead atoms. The van der Waals surface area contributed by atoms with E-state index >= 15 is 0 Å². The first-order chi connectivity index (χ1) is 18.4. The number of allylic oxidation sites excluding steroid dienone is 3. The van der Waals surface area contributed by atoms with Crippen LogP contribution in [-0.4, -0.2) is 34.7 Å². The van der Waals surface area contributed by atoms with E-state index in [1.807, 2.05) is 26.8 Å². The molecular weight excluding hydrogens is 502 g/mol. The fourth-order valence-corrected chi connectivity index (χ4v) is 10.3. The number of nitriles is 2. The number of carbonyl (C=O) groups is 3. The predicted octanol–water partition coefficient (Wildman–Crippen LogP) is 4.96. The highest BCUT2D eigenvalue weighted by Gasteiger charge is 2.75. The highest BCUT2D eigenvalue weighted by atomic mass is 16.3. The molecule has 5 aliphatic rings. The number of nitrogens with zero attached hydrogens (tertiary/aromatic N) is 2. The Balaban J connectivity index is 1.67. The van der Waals surface area contributed by atoms with E-state index in [-0.39, 0.29) is 40.9 Å². The quantitative estimate of drug-likeness (QED) is 0.472. The van der Waals surface area contributed by atoms with E-state index in [1.165, 1.54) is 0 Å². The molecule has 0 aromatic carbocycles. The topological polar surface area (TPSA) is 131 Å². The minimum atomic E-state index is -1.67. The Bertz CT molecular complexity index is 1360. The van der Waals surface area contributed by atoms with Crippen LogP contribution in [0.5, 0.6) is 0 Å². The highest BCUT2D eigenvalue weighted by Crippen LogP contribution is 2.75. The van der Waals surface area contributed by atoms with Crippen LogP contribution in [0.3, 0.4) is 0 Å². The van der Waals surface area contributed by atoms with Gasteiger partial charge in [-0.2, -0.15) is 10.5 Å². The van der Waals surface area contributed by atoms with Gasteiger partial charge in [0.05, 0.1) is 11.6 Å². The minimum Gasteiger partial charge on any atom is -0.381 e. The van der Waals surface area contributed by atoms with Crippen molar-refractivity contribution in [3.8, 4) is 12.1 Å². The molecule has 0 heterocycles. The van der Waals surface area contributed by atoms with Crippen molar-refractivity contribution in [3.63, 3.8) is 0 Å². The van der Waals surface area contributed by atoms with Crippen LogP contribution >= 0.6 is 0 Å². The van der Waals surface area contributed by atoms with Crippen molar-refractivity contribution in [1.82, 2.24) is 5.32 Å². The number of carbonyl (C=O) groups excluding carboxylic acids is 3. The smallest absolute Gasteiger partial charge is 0.226 e. The fourth-order valence-electron chi connectivity index (χ4n) is 10.3. The molecule has 3 fully saturated rings. The van der Waals surface area contributed by atoms with Gasteiger partial charge in [-0.25, -0.2) is 0 Å². The van der Waals surface area contributed by atoms with Crippen LogP contribution in [0.15, 0.2) is 23.3 Å². The Morgan fingerprint density at radius 2 is 1.65 bits per heavy atom. The van der Waals surface area contributed by atoms with Crippen molar-refractivity contribution in [2.75, 3.05) is 6.54 Å².